The average Bonchev–Trinajstić information content (AvgIpc) is 3.17. The fourth-order valence-electron chi connectivity index (χ4n) is 3.91. The number of nitriles is 1. The molecule has 0 fully saturated rings. The SMILES string of the molecule is CNC(=O)C(CCC=O)N1Cc2cc(C(=O)N[C@H](c3cccc(C#N)c3)C(F)(F)F)ccc2C1=O. The van der Waals surface area contributed by atoms with Gasteiger partial charge in [-0.3, -0.25) is 14.4 Å². The molecule has 1 aliphatic rings. The number of nitrogens with zero attached hydrogens (tertiary/aromatic N) is 2. The molecule has 0 bridgehead atoms. The van der Waals surface area contributed by atoms with E-state index in [2.05, 4.69) is 5.32 Å². The van der Waals surface area contributed by atoms with Crippen molar-refractivity contribution in [3.8, 4) is 6.07 Å². The van der Waals surface area contributed by atoms with Crippen molar-refractivity contribution in [2.24, 2.45) is 0 Å². The molecule has 11 heteroatoms. The van der Waals surface area contributed by atoms with Crippen LogP contribution in [0.3, 0.4) is 0 Å². The van der Waals surface area contributed by atoms with Crippen LogP contribution >= 0.6 is 0 Å². The monoisotopic (exact) mass is 486 g/mol. The normalized spacial score (nSPS) is 14.5. The second-order valence-corrected chi connectivity index (χ2v) is 7.86. The van der Waals surface area contributed by atoms with Crippen LogP contribution in [0, 0.1) is 11.3 Å². The van der Waals surface area contributed by atoms with Crippen LogP contribution in [0.25, 0.3) is 0 Å². The molecule has 0 radical (unpaired) electrons. The van der Waals surface area contributed by atoms with Crippen LogP contribution in [0.1, 0.15) is 56.3 Å². The summed E-state index contributed by atoms with van der Waals surface area (Å²) in [6.45, 7) is -0.0425. The molecular formula is C24H21F3N4O4. The van der Waals surface area contributed by atoms with Crippen molar-refractivity contribution < 1.29 is 32.3 Å². The number of fused-ring (bicyclic) bond motifs is 1. The minimum absolute atomic E-state index is 0.0161. The third-order valence-corrected chi connectivity index (χ3v) is 5.63. The summed E-state index contributed by atoms with van der Waals surface area (Å²) in [5, 5.41) is 13.4. The molecule has 0 saturated carbocycles. The Morgan fingerprint density at radius 2 is 1.97 bits per heavy atom. The lowest BCUT2D eigenvalue weighted by molar-refractivity contribution is -0.155. The minimum Gasteiger partial charge on any atom is -0.357 e. The minimum atomic E-state index is -4.83. The quantitative estimate of drug-likeness (QED) is 0.556. The van der Waals surface area contributed by atoms with Gasteiger partial charge >= 0.3 is 6.18 Å². The number of alkyl halides is 3. The molecule has 8 nitrogen and oxygen atoms in total. The van der Waals surface area contributed by atoms with Crippen molar-refractivity contribution in [3.05, 3.63) is 70.3 Å². The van der Waals surface area contributed by atoms with Crippen LogP contribution in [-0.4, -0.2) is 48.2 Å². The van der Waals surface area contributed by atoms with Gasteiger partial charge in [-0.1, -0.05) is 12.1 Å². The van der Waals surface area contributed by atoms with Gasteiger partial charge in [-0.05, 0) is 47.9 Å². The van der Waals surface area contributed by atoms with Gasteiger partial charge in [0.15, 0.2) is 6.04 Å². The maximum atomic E-state index is 13.7. The number of hydrogen-bond donors (Lipinski definition) is 2. The molecule has 35 heavy (non-hydrogen) atoms. The maximum Gasteiger partial charge on any atom is 0.412 e. The molecule has 2 aromatic rings. The molecule has 0 saturated heterocycles. The summed E-state index contributed by atoms with van der Waals surface area (Å²) in [5.74, 6) is -1.96. The number of likely N-dealkylation sites (N-methyl/N-ethyl adjacent to an activating group) is 1. The highest BCUT2D eigenvalue weighted by atomic mass is 19.4. The van der Waals surface area contributed by atoms with Gasteiger partial charge in [0.05, 0.1) is 11.6 Å². The van der Waals surface area contributed by atoms with Crippen molar-refractivity contribution in [3.63, 3.8) is 0 Å². The van der Waals surface area contributed by atoms with Crippen LogP contribution in [-0.2, 0) is 16.1 Å². The van der Waals surface area contributed by atoms with Gasteiger partial charge in [0.25, 0.3) is 11.8 Å². The summed E-state index contributed by atoms with van der Waals surface area (Å²) in [4.78, 5) is 49.9. The van der Waals surface area contributed by atoms with Gasteiger partial charge in [0.2, 0.25) is 5.91 Å². The van der Waals surface area contributed by atoms with Crippen LogP contribution in [0.5, 0.6) is 0 Å². The van der Waals surface area contributed by atoms with Gasteiger partial charge in [0.1, 0.15) is 12.3 Å². The zero-order valence-corrected chi connectivity index (χ0v) is 18.6. The first-order valence-electron chi connectivity index (χ1n) is 10.6. The summed E-state index contributed by atoms with van der Waals surface area (Å²) in [7, 11) is 1.40. The largest absolute Gasteiger partial charge is 0.412 e. The Morgan fingerprint density at radius 3 is 2.60 bits per heavy atom. The highest BCUT2D eigenvalue weighted by Gasteiger charge is 2.42. The Labute approximate surface area is 198 Å². The summed E-state index contributed by atoms with van der Waals surface area (Å²) >= 11 is 0. The van der Waals surface area contributed by atoms with Gasteiger partial charge in [-0.15, -0.1) is 0 Å². The van der Waals surface area contributed by atoms with Crippen LogP contribution in [0.15, 0.2) is 42.5 Å². The van der Waals surface area contributed by atoms with Gasteiger partial charge in [-0.2, -0.15) is 18.4 Å². The number of nitrogens with one attached hydrogen (secondary N) is 2. The fourth-order valence-corrected chi connectivity index (χ4v) is 3.91. The van der Waals surface area contributed by atoms with Gasteiger partial charge < -0.3 is 20.3 Å². The first kappa shape index (κ1) is 25.4. The van der Waals surface area contributed by atoms with E-state index in [1.165, 1.54) is 42.3 Å². The summed E-state index contributed by atoms with van der Waals surface area (Å²) in [6.07, 6.45) is -4.04. The molecule has 3 rings (SSSR count). The average molecular weight is 486 g/mol. The van der Waals surface area contributed by atoms with E-state index in [1.807, 2.05) is 5.32 Å². The van der Waals surface area contributed by atoms with Gasteiger partial charge in [0, 0.05) is 31.1 Å². The second kappa shape index (κ2) is 10.4. The molecule has 0 aliphatic carbocycles. The molecule has 1 unspecified atom stereocenters. The fraction of sp³-hybridized carbons (Fsp3) is 0.292. The van der Waals surface area contributed by atoms with E-state index in [1.54, 1.807) is 6.07 Å². The lowest BCUT2D eigenvalue weighted by Gasteiger charge is -2.25. The maximum absolute atomic E-state index is 13.7. The van der Waals surface area contributed by atoms with Crippen molar-refractivity contribution >= 4 is 24.0 Å². The zero-order valence-electron chi connectivity index (χ0n) is 18.6. The van der Waals surface area contributed by atoms with E-state index in [-0.39, 0.29) is 41.6 Å². The van der Waals surface area contributed by atoms with Crippen LogP contribution < -0.4 is 10.6 Å². The third-order valence-electron chi connectivity index (χ3n) is 5.63. The molecule has 0 spiro atoms. The van der Waals surface area contributed by atoms with E-state index >= 15 is 0 Å². The predicted octanol–water partition coefficient (Wildman–Crippen LogP) is 2.64. The summed E-state index contributed by atoms with van der Waals surface area (Å²) < 4.78 is 41.2. The lowest BCUT2D eigenvalue weighted by Crippen LogP contribution is -2.46. The number of halogens is 3. The summed E-state index contributed by atoms with van der Waals surface area (Å²) in [6, 6.07) is 7.22. The molecule has 1 aliphatic heterocycles. The van der Waals surface area contributed by atoms with Crippen LogP contribution in [0.2, 0.25) is 0 Å². The second-order valence-electron chi connectivity index (χ2n) is 7.86. The Kier molecular flexibility index (Phi) is 7.54. The highest BCUT2D eigenvalue weighted by Crippen LogP contribution is 2.34. The number of carbonyl (C=O) groups is 4. The number of rotatable bonds is 8. The molecule has 0 aromatic heterocycles. The van der Waals surface area contributed by atoms with E-state index < -0.39 is 36.0 Å². The number of aldehydes is 1. The Balaban J connectivity index is 1.85. The Bertz CT molecular complexity index is 1210. The van der Waals surface area contributed by atoms with E-state index in [4.69, 9.17) is 5.26 Å². The lowest BCUT2D eigenvalue weighted by atomic mass is 10.0. The zero-order chi connectivity index (χ0) is 25.8. The van der Waals surface area contributed by atoms with E-state index in [9.17, 15) is 32.3 Å². The first-order valence-corrected chi connectivity index (χ1v) is 10.6. The Morgan fingerprint density at radius 1 is 1.23 bits per heavy atom. The molecule has 3 amide bonds. The molecule has 2 atom stereocenters. The Hall–Kier alpha value is -4.20. The number of amides is 3. The number of hydrogen-bond acceptors (Lipinski definition) is 5. The van der Waals surface area contributed by atoms with Crippen molar-refractivity contribution in [1.82, 2.24) is 15.5 Å². The standard InChI is InChI=1S/C24H21F3N4O4/c1-29-22(34)19(6-3-9-32)31-13-17-11-16(7-8-18(17)23(31)35)21(33)30-20(24(25,26)27)15-5-2-4-14(10-15)12-28/h2,4-5,7-11,19-20H,3,6,13H2,1H3,(H,29,34)(H,30,33)/t19?,20-/m1/s1. The van der Waals surface area contributed by atoms with Crippen LogP contribution in [0.4, 0.5) is 13.2 Å². The molecule has 2 aromatic carbocycles. The predicted molar refractivity (Wildman–Crippen MR) is 117 cm³/mol. The van der Waals surface area contributed by atoms with E-state index in [0.717, 1.165) is 12.1 Å². The summed E-state index contributed by atoms with van der Waals surface area (Å²) in [5.41, 5.74) is 0.209. The third kappa shape index (κ3) is 5.48. The first-order chi connectivity index (χ1) is 16.6. The number of carbonyl (C=O) groups excluding carboxylic acids is 4. The smallest absolute Gasteiger partial charge is 0.357 e. The van der Waals surface area contributed by atoms with E-state index in [0.29, 0.717) is 11.8 Å². The molecular weight excluding hydrogens is 465 g/mol. The van der Waals surface area contributed by atoms with Gasteiger partial charge in [-0.25, -0.2) is 0 Å². The van der Waals surface area contributed by atoms with Crippen molar-refractivity contribution in [2.45, 2.75) is 37.6 Å². The topological polar surface area (TPSA) is 119 Å². The van der Waals surface area contributed by atoms with Crippen molar-refractivity contribution in [2.75, 3.05) is 7.05 Å². The van der Waals surface area contributed by atoms with Crippen molar-refractivity contribution in [1.29, 1.82) is 5.26 Å². The highest BCUT2D eigenvalue weighted by molar-refractivity contribution is 6.03. The molecule has 2 N–H and O–H groups in total. The molecule has 1 heterocycles. The molecule has 182 valence electrons. The number of benzene rings is 2.